The third-order valence-electron chi connectivity index (χ3n) is 4.61. The molecule has 0 aliphatic rings. The lowest BCUT2D eigenvalue weighted by Crippen LogP contribution is -2.33. The van der Waals surface area contributed by atoms with Gasteiger partial charge in [0.05, 0.1) is 10.2 Å². The third-order valence-corrected chi connectivity index (χ3v) is 6.96. The number of amides is 1. The molecular weight excluding hydrogens is 422 g/mol. The number of aromatic nitrogens is 1. The van der Waals surface area contributed by atoms with Crippen molar-refractivity contribution >= 4 is 56.0 Å². The largest absolute Gasteiger partial charge is 0.309 e. The van der Waals surface area contributed by atoms with Crippen LogP contribution in [0.25, 0.3) is 10.2 Å². The van der Waals surface area contributed by atoms with Gasteiger partial charge in [-0.05, 0) is 81.7 Å². The second kappa shape index (κ2) is 9.94. The van der Waals surface area contributed by atoms with Crippen LogP contribution >= 0.6 is 34.7 Å². The SMILES string of the molecule is CCSc1ccc(C(=O)N(CCCN(C)C)c2nc3c(C)c(Cl)ccc3s2)cc1. The number of hydrogen-bond donors (Lipinski definition) is 0. The number of benzene rings is 2. The smallest absolute Gasteiger partial charge is 0.260 e. The molecule has 4 nitrogen and oxygen atoms in total. The zero-order valence-corrected chi connectivity index (χ0v) is 19.6. The summed E-state index contributed by atoms with van der Waals surface area (Å²) in [7, 11) is 4.08. The predicted molar refractivity (Wildman–Crippen MR) is 127 cm³/mol. The van der Waals surface area contributed by atoms with Gasteiger partial charge in [-0.1, -0.05) is 29.9 Å². The molecule has 7 heteroatoms. The van der Waals surface area contributed by atoms with E-state index in [1.807, 2.05) is 62.3 Å². The van der Waals surface area contributed by atoms with Crippen molar-refractivity contribution in [1.82, 2.24) is 9.88 Å². The van der Waals surface area contributed by atoms with Gasteiger partial charge in [0, 0.05) is 22.0 Å². The van der Waals surface area contributed by atoms with E-state index in [4.69, 9.17) is 16.6 Å². The van der Waals surface area contributed by atoms with Gasteiger partial charge in [-0.25, -0.2) is 4.98 Å². The van der Waals surface area contributed by atoms with Crippen molar-refractivity contribution in [1.29, 1.82) is 0 Å². The van der Waals surface area contributed by atoms with Crippen molar-refractivity contribution < 1.29 is 4.79 Å². The monoisotopic (exact) mass is 447 g/mol. The van der Waals surface area contributed by atoms with Crippen molar-refractivity contribution in [3.8, 4) is 0 Å². The first-order valence-electron chi connectivity index (χ1n) is 9.65. The summed E-state index contributed by atoms with van der Waals surface area (Å²) in [5.41, 5.74) is 2.51. The highest BCUT2D eigenvalue weighted by Crippen LogP contribution is 2.34. The molecular formula is C22H26ClN3OS2. The van der Waals surface area contributed by atoms with Crippen LogP contribution in [0.2, 0.25) is 5.02 Å². The Balaban J connectivity index is 1.93. The fraction of sp³-hybridized carbons (Fsp3) is 0.364. The molecule has 154 valence electrons. The van der Waals surface area contributed by atoms with E-state index in [1.54, 1.807) is 11.8 Å². The molecule has 1 aromatic heterocycles. The number of halogens is 1. The molecule has 0 fully saturated rings. The molecule has 2 aromatic carbocycles. The number of rotatable bonds is 8. The van der Waals surface area contributed by atoms with Crippen LogP contribution < -0.4 is 4.90 Å². The summed E-state index contributed by atoms with van der Waals surface area (Å²) in [6, 6.07) is 11.7. The maximum absolute atomic E-state index is 13.4. The summed E-state index contributed by atoms with van der Waals surface area (Å²) in [5.74, 6) is 0.997. The standard InChI is InChI=1S/C22H26ClN3OS2/c1-5-28-17-9-7-16(8-10-17)21(27)26(14-6-13-25(3)4)22-24-20-15(2)18(23)11-12-19(20)29-22/h7-12H,5-6,13-14H2,1-4H3. The molecule has 0 unspecified atom stereocenters. The normalized spacial score (nSPS) is 11.4. The van der Waals surface area contributed by atoms with Crippen LogP contribution in [0.15, 0.2) is 41.3 Å². The maximum atomic E-state index is 13.4. The first-order chi connectivity index (χ1) is 13.9. The van der Waals surface area contributed by atoms with Gasteiger partial charge in [0.2, 0.25) is 0 Å². The van der Waals surface area contributed by atoms with Gasteiger partial charge in [0.1, 0.15) is 0 Å². The van der Waals surface area contributed by atoms with E-state index < -0.39 is 0 Å². The van der Waals surface area contributed by atoms with Crippen LogP contribution in [0.4, 0.5) is 5.13 Å². The van der Waals surface area contributed by atoms with Gasteiger partial charge in [0.25, 0.3) is 5.91 Å². The molecule has 1 heterocycles. The lowest BCUT2D eigenvalue weighted by molar-refractivity contribution is 0.0986. The number of carbonyl (C=O) groups excluding carboxylic acids is 1. The lowest BCUT2D eigenvalue weighted by Gasteiger charge is -2.21. The highest BCUT2D eigenvalue weighted by Gasteiger charge is 2.22. The Bertz CT molecular complexity index is 986. The van der Waals surface area contributed by atoms with Crippen LogP contribution in [0.3, 0.4) is 0 Å². The first-order valence-corrected chi connectivity index (χ1v) is 11.8. The van der Waals surface area contributed by atoms with E-state index in [0.29, 0.717) is 17.1 Å². The summed E-state index contributed by atoms with van der Waals surface area (Å²) >= 11 is 9.58. The van der Waals surface area contributed by atoms with E-state index >= 15 is 0 Å². The molecule has 0 bridgehead atoms. The lowest BCUT2D eigenvalue weighted by atomic mass is 10.2. The molecule has 0 aliphatic heterocycles. The van der Waals surface area contributed by atoms with Crippen molar-refractivity contribution in [2.45, 2.75) is 25.2 Å². The molecule has 0 N–H and O–H groups in total. The number of nitrogens with zero attached hydrogens (tertiary/aromatic N) is 3. The van der Waals surface area contributed by atoms with E-state index in [1.165, 1.54) is 16.2 Å². The topological polar surface area (TPSA) is 36.4 Å². The number of aryl methyl sites for hydroxylation is 1. The Kier molecular flexibility index (Phi) is 7.57. The number of fused-ring (bicyclic) bond motifs is 1. The van der Waals surface area contributed by atoms with Gasteiger partial charge >= 0.3 is 0 Å². The molecule has 1 amide bonds. The molecule has 0 saturated heterocycles. The summed E-state index contributed by atoms with van der Waals surface area (Å²) in [5, 5.41) is 1.42. The molecule has 3 rings (SSSR count). The Labute approximate surface area is 185 Å². The minimum Gasteiger partial charge on any atom is -0.309 e. The highest BCUT2D eigenvalue weighted by molar-refractivity contribution is 7.99. The highest BCUT2D eigenvalue weighted by atomic mass is 35.5. The summed E-state index contributed by atoms with van der Waals surface area (Å²) in [6.07, 6.45) is 0.873. The minimum atomic E-state index is -0.0142. The predicted octanol–water partition coefficient (Wildman–Crippen LogP) is 5.97. The molecule has 29 heavy (non-hydrogen) atoms. The summed E-state index contributed by atoms with van der Waals surface area (Å²) < 4.78 is 1.04. The van der Waals surface area contributed by atoms with Crippen molar-refractivity contribution in [2.24, 2.45) is 0 Å². The average molecular weight is 448 g/mol. The fourth-order valence-electron chi connectivity index (χ4n) is 3.05. The van der Waals surface area contributed by atoms with Crippen molar-refractivity contribution in [2.75, 3.05) is 37.8 Å². The van der Waals surface area contributed by atoms with Crippen molar-refractivity contribution in [3.05, 3.63) is 52.5 Å². The molecule has 3 aromatic rings. The Morgan fingerprint density at radius 2 is 1.86 bits per heavy atom. The van der Waals surface area contributed by atoms with Crippen LogP contribution in [-0.4, -0.2) is 48.7 Å². The zero-order chi connectivity index (χ0) is 21.0. The van der Waals surface area contributed by atoms with E-state index in [0.717, 1.165) is 39.6 Å². The molecule has 0 aliphatic carbocycles. The Morgan fingerprint density at radius 1 is 1.14 bits per heavy atom. The zero-order valence-electron chi connectivity index (χ0n) is 17.2. The van der Waals surface area contributed by atoms with Crippen molar-refractivity contribution in [3.63, 3.8) is 0 Å². The third kappa shape index (κ3) is 5.31. The van der Waals surface area contributed by atoms with Gasteiger partial charge in [-0.3, -0.25) is 9.69 Å². The number of thioether (sulfide) groups is 1. The fourth-order valence-corrected chi connectivity index (χ4v) is 4.91. The van der Waals surface area contributed by atoms with E-state index in [2.05, 4.69) is 11.8 Å². The number of hydrogen-bond acceptors (Lipinski definition) is 5. The molecule has 0 atom stereocenters. The van der Waals surface area contributed by atoms with Gasteiger partial charge in [-0.2, -0.15) is 0 Å². The molecule has 0 saturated carbocycles. The summed E-state index contributed by atoms with van der Waals surface area (Å²) in [4.78, 5) is 23.3. The van der Waals surface area contributed by atoms with E-state index in [9.17, 15) is 4.79 Å². The summed E-state index contributed by atoms with van der Waals surface area (Å²) in [6.45, 7) is 5.62. The van der Waals surface area contributed by atoms with Gasteiger partial charge < -0.3 is 4.90 Å². The van der Waals surface area contributed by atoms with E-state index in [-0.39, 0.29) is 5.91 Å². The molecule has 0 radical (unpaired) electrons. The molecule has 0 spiro atoms. The number of thiazole rings is 1. The Morgan fingerprint density at radius 3 is 2.52 bits per heavy atom. The minimum absolute atomic E-state index is 0.0142. The van der Waals surface area contributed by atoms with Crippen LogP contribution in [-0.2, 0) is 0 Å². The van der Waals surface area contributed by atoms with Crippen LogP contribution in [0.1, 0.15) is 29.3 Å². The van der Waals surface area contributed by atoms with Crippen LogP contribution in [0, 0.1) is 6.92 Å². The average Bonchev–Trinajstić information content (AvgIpc) is 3.13. The van der Waals surface area contributed by atoms with Crippen LogP contribution in [0.5, 0.6) is 0 Å². The maximum Gasteiger partial charge on any atom is 0.260 e. The quantitative estimate of drug-likeness (QED) is 0.398. The first kappa shape index (κ1) is 22.1. The number of carbonyl (C=O) groups is 1. The van der Waals surface area contributed by atoms with Gasteiger partial charge in [0.15, 0.2) is 5.13 Å². The Hall–Kier alpha value is -1.60. The number of anilines is 1. The second-order valence-electron chi connectivity index (χ2n) is 7.09. The van der Waals surface area contributed by atoms with Gasteiger partial charge in [-0.15, -0.1) is 11.8 Å². The second-order valence-corrected chi connectivity index (χ2v) is 9.84.